The average Bonchev–Trinajstić information content (AvgIpc) is 2.88. The minimum Gasteiger partial charge on any atom is -0.453 e. The van der Waals surface area contributed by atoms with Gasteiger partial charge in [-0.2, -0.15) is 0 Å². The molecule has 214 valence electrons. The number of nitrogens with zero attached hydrogens (tertiary/aromatic N) is 1. The van der Waals surface area contributed by atoms with E-state index < -0.39 is 12.2 Å². The number of carbonyl (C=O) groups excluding carboxylic acids is 2. The molecule has 0 aromatic heterocycles. The number of likely N-dealkylation sites (N-methyl/N-ethyl adjacent to an activating group) is 1. The highest BCUT2D eigenvalue weighted by Crippen LogP contribution is 2.33. The molecule has 2 saturated heterocycles. The lowest BCUT2D eigenvalue weighted by molar-refractivity contribution is -0.0547. The van der Waals surface area contributed by atoms with Crippen molar-refractivity contribution in [1.82, 2.24) is 20.9 Å². The number of halogens is 1. The van der Waals surface area contributed by atoms with Gasteiger partial charge in [0.25, 0.3) is 0 Å². The summed E-state index contributed by atoms with van der Waals surface area (Å²) in [5, 5.41) is 9.09. The van der Waals surface area contributed by atoms with Crippen LogP contribution in [0, 0.1) is 17.7 Å². The predicted octanol–water partition coefficient (Wildman–Crippen LogP) is 3.84. The van der Waals surface area contributed by atoms with Crippen molar-refractivity contribution < 1.29 is 28.2 Å². The van der Waals surface area contributed by atoms with Crippen LogP contribution in [-0.4, -0.2) is 82.2 Å². The molecule has 2 heterocycles. The molecule has 0 radical (unpaired) electrons. The molecule has 0 aliphatic carbocycles. The van der Waals surface area contributed by atoms with E-state index in [-0.39, 0.29) is 49.2 Å². The number of likely N-dealkylation sites (tertiary alicyclic amines) is 1. The topological polar surface area (TPSA) is 101 Å². The van der Waals surface area contributed by atoms with Crippen molar-refractivity contribution in [2.45, 2.75) is 70.3 Å². The summed E-state index contributed by atoms with van der Waals surface area (Å²) in [6.45, 7) is 6.62. The second-order valence-corrected chi connectivity index (χ2v) is 10.6. The first-order chi connectivity index (χ1) is 18.3. The zero-order valence-electron chi connectivity index (χ0n) is 23.2. The number of rotatable bonds is 11. The lowest BCUT2D eigenvalue weighted by atomic mass is 9.87. The molecule has 0 unspecified atom stereocenters. The van der Waals surface area contributed by atoms with E-state index in [1.54, 1.807) is 6.07 Å². The van der Waals surface area contributed by atoms with Crippen LogP contribution in [0.4, 0.5) is 14.0 Å². The van der Waals surface area contributed by atoms with E-state index in [4.69, 9.17) is 9.47 Å². The molecule has 1 aromatic carbocycles. The van der Waals surface area contributed by atoms with Crippen LogP contribution in [0.2, 0.25) is 0 Å². The SMILES string of the molecule is CNC[C@H](C[C@@H]1C[C@@H](C)O[C@@H](C)C1)NC(=O)N1CCC[C@@H]([C@@H](OCCNC(=O)OC)c2cccc(F)c2)C1. The number of amides is 3. The fraction of sp³-hybridized carbons (Fsp3) is 0.714. The summed E-state index contributed by atoms with van der Waals surface area (Å²) >= 11 is 0. The Morgan fingerprint density at radius 2 is 2.00 bits per heavy atom. The molecule has 9 nitrogen and oxygen atoms in total. The second kappa shape index (κ2) is 15.2. The Morgan fingerprint density at radius 1 is 1.24 bits per heavy atom. The number of hydrogen-bond acceptors (Lipinski definition) is 6. The van der Waals surface area contributed by atoms with Crippen molar-refractivity contribution in [3.05, 3.63) is 35.6 Å². The molecule has 2 fully saturated rings. The smallest absolute Gasteiger partial charge is 0.406 e. The Bertz CT molecular complexity index is 881. The number of urea groups is 1. The van der Waals surface area contributed by atoms with Gasteiger partial charge in [0.1, 0.15) is 5.82 Å². The van der Waals surface area contributed by atoms with Gasteiger partial charge in [0, 0.05) is 38.1 Å². The van der Waals surface area contributed by atoms with Gasteiger partial charge in [-0.3, -0.25) is 0 Å². The van der Waals surface area contributed by atoms with Crippen molar-refractivity contribution in [3.8, 4) is 0 Å². The van der Waals surface area contributed by atoms with Gasteiger partial charge in [-0.25, -0.2) is 14.0 Å². The standard InChI is InChI=1S/C28H45FN4O5/c1-19-13-21(14-20(2)38-19)15-25(17-30-3)32-27(34)33-11-6-8-23(18-33)26(22-7-5-9-24(29)16-22)37-12-10-31-28(35)36-4/h5,7,9,16,19-21,23,25-26,30H,6,8,10-15,17-18H2,1-4H3,(H,31,35)(H,32,34)/t19-,20+,21-,23-,25+,26+/m1/s1. The van der Waals surface area contributed by atoms with Crippen molar-refractivity contribution in [1.29, 1.82) is 0 Å². The van der Waals surface area contributed by atoms with Crippen LogP contribution in [0.3, 0.4) is 0 Å². The molecule has 1 aromatic rings. The molecule has 2 aliphatic rings. The molecular weight excluding hydrogens is 491 g/mol. The highest BCUT2D eigenvalue weighted by molar-refractivity contribution is 5.74. The lowest BCUT2D eigenvalue weighted by Gasteiger charge is -2.38. The van der Waals surface area contributed by atoms with Crippen molar-refractivity contribution in [3.63, 3.8) is 0 Å². The van der Waals surface area contributed by atoms with Gasteiger partial charge in [-0.1, -0.05) is 12.1 Å². The molecule has 3 N–H and O–H groups in total. The fourth-order valence-corrected chi connectivity index (χ4v) is 5.88. The summed E-state index contributed by atoms with van der Waals surface area (Å²) in [6.07, 6.45) is 4.14. The van der Waals surface area contributed by atoms with Crippen LogP contribution >= 0.6 is 0 Å². The van der Waals surface area contributed by atoms with E-state index in [1.807, 2.05) is 18.0 Å². The van der Waals surface area contributed by atoms with Crippen molar-refractivity contribution in [2.75, 3.05) is 46.9 Å². The summed E-state index contributed by atoms with van der Waals surface area (Å²) in [6, 6.07) is 6.35. The van der Waals surface area contributed by atoms with E-state index in [0.29, 0.717) is 25.6 Å². The summed E-state index contributed by atoms with van der Waals surface area (Å²) in [4.78, 5) is 26.6. The van der Waals surface area contributed by atoms with Crippen LogP contribution < -0.4 is 16.0 Å². The van der Waals surface area contributed by atoms with Crippen LogP contribution in [0.1, 0.15) is 57.6 Å². The first-order valence-electron chi connectivity index (χ1n) is 13.8. The molecule has 3 rings (SSSR count). The van der Waals surface area contributed by atoms with Gasteiger partial charge in [0.05, 0.1) is 32.0 Å². The molecule has 38 heavy (non-hydrogen) atoms. The third-order valence-electron chi connectivity index (χ3n) is 7.40. The molecular formula is C28H45FN4O5. The van der Waals surface area contributed by atoms with E-state index in [0.717, 1.165) is 37.7 Å². The minimum absolute atomic E-state index is 0.00521. The normalized spacial score (nSPS) is 25.3. The highest BCUT2D eigenvalue weighted by Gasteiger charge is 2.33. The monoisotopic (exact) mass is 536 g/mol. The highest BCUT2D eigenvalue weighted by atomic mass is 19.1. The predicted molar refractivity (Wildman–Crippen MR) is 143 cm³/mol. The summed E-state index contributed by atoms with van der Waals surface area (Å²) in [7, 11) is 3.21. The van der Waals surface area contributed by atoms with Gasteiger partial charge >= 0.3 is 12.1 Å². The van der Waals surface area contributed by atoms with Crippen LogP contribution in [0.5, 0.6) is 0 Å². The summed E-state index contributed by atoms with van der Waals surface area (Å²) in [5.41, 5.74) is 0.728. The molecule has 0 spiro atoms. The molecule has 0 saturated carbocycles. The van der Waals surface area contributed by atoms with Gasteiger partial charge in [-0.05, 0) is 76.6 Å². The Labute approximate surface area is 226 Å². The first kappa shape index (κ1) is 30.1. The Kier molecular flexibility index (Phi) is 12.1. The van der Waals surface area contributed by atoms with Gasteiger partial charge in [-0.15, -0.1) is 0 Å². The quantitative estimate of drug-likeness (QED) is 0.372. The second-order valence-electron chi connectivity index (χ2n) is 10.6. The molecule has 2 aliphatic heterocycles. The van der Waals surface area contributed by atoms with Gasteiger partial charge in [0.2, 0.25) is 0 Å². The number of methoxy groups -OCH3 is 1. The Hall–Kier alpha value is -2.43. The average molecular weight is 537 g/mol. The fourth-order valence-electron chi connectivity index (χ4n) is 5.88. The molecule has 0 bridgehead atoms. The van der Waals surface area contributed by atoms with Gasteiger partial charge < -0.3 is 35.1 Å². The number of carbonyl (C=O) groups is 2. The van der Waals surface area contributed by atoms with Crippen LogP contribution in [-0.2, 0) is 14.2 Å². The Balaban J connectivity index is 1.63. The molecule has 6 atom stereocenters. The van der Waals surface area contributed by atoms with E-state index in [2.05, 4.69) is 34.5 Å². The number of piperidine rings is 1. The van der Waals surface area contributed by atoms with Gasteiger partial charge in [0.15, 0.2) is 0 Å². The zero-order valence-corrected chi connectivity index (χ0v) is 23.2. The maximum absolute atomic E-state index is 14.1. The summed E-state index contributed by atoms with van der Waals surface area (Å²) in [5.74, 6) is 0.168. The number of alkyl carbamates (subject to hydrolysis) is 1. The van der Waals surface area contributed by atoms with E-state index >= 15 is 0 Å². The maximum atomic E-state index is 14.1. The maximum Gasteiger partial charge on any atom is 0.406 e. The van der Waals surface area contributed by atoms with Crippen molar-refractivity contribution >= 4 is 12.1 Å². The number of nitrogens with one attached hydrogen (secondary N) is 3. The number of benzene rings is 1. The first-order valence-corrected chi connectivity index (χ1v) is 13.8. The largest absolute Gasteiger partial charge is 0.453 e. The van der Waals surface area contributed by atoms with Crippen molar-refractivity contribution in [2.24, 2.45) is 11.8 Å². The molecule has 10 heteroatoms. The number of hydrogen-bond donors (Lipinski definition) is 3. The summed E-state index contributed by atoms with van der Waals surface area (Å²) < 4.78 is 30.7. The zero-order chi connectivity index (χ0) is 27.5. The molecule has 3 amide bonds. The third-order valence-corrected chi connectivity index (χ3v) is 7.40. The minimum atomic E-state index is -0.530. The van der Waals surface area contributed by atoms with E-state index in [1.165, 1.54) is 19.2 Å². The Morgan fingerprint density at radius 3 is 2.68 bits per heavy atom. The van der Waals surface area contributed by atoms with Crippen LogP contribution in [0.25, 0.3) is 0 Å². The number of ether oxygens (including phenoxy) is 3. The lowest BCUT2D eigenvalue weighted by Crippen LogP contribution is -2.52. The van der Waals surface area contributed by atoms with E-state index in [9.17, 15) is 14.0 Å². The van der Waals surface area contributed by atoms with Crippen LogP contribution in [0.15, 0.2) is 24.3 Å². The third kappa shape index (κ3) is 9.39.